The molecule has 2 atom stereocenters. The van der Waals surface area contributed by atoms with Crippen LogP contribution in [0, 0.1) is 5.92 Å². The maximum Gasteiger partial charge on any atom is 0.374 e. The molecule has 1 saturated heterocycles. The number of hydrogen-bond acceptors (Lipinski definition) is 12. The van der Waals surface area contributed by atoms with Gasteiger partial charge in [-0.3, -0.25) is 5.43 Å². The molecular formula is C26H39N7O6S. The molecule has 0 spiro atoms. The molecule has 2 aliphatic rings. The van der Waals surface area contributed by atoms with E-state index in [-0.39, 0.29) is 5.92 Å². The summed E-state index contributed by atoms with van der Waals surface area (Å²) in [5.74, 6) is 3.82. The van der Waals surface area contributed by atoms with Crippen LogP contribution in [-0.2, 0) is 6.54 Å². The van der Waals surface area contributed by atoms with Crippen LogP contribution in [0.4, 0.5) is 22.4 Å². The van der Waals surface area contributed by atoms with Gasteiger partial charge in [-0.05, 0) is 36.0 Å². The Balaban J connectivity index is 1.73. The second-order valence-corrected chi connectivity index (χ2v) is 11.5. The third kappa shape index (κ3) is 6.29. The highest BCUT2D eigenvalue weighted by Gasteiger charge is 2.29. The van der Waals surface area contributed by atoms with Gasteiger partial charge in [-0.15, -0.1) is 0 Å². The zero-order valence-electron chi connectivity index (χ0n) is 24.1. The van der Waals surface area contributed by atoms with E-state index in [2.05, 4.69) is 22.3 Å². The summed E-state index contributed by atoms with van der Waals surface area (Å²) in [5.41, 5.74) is 4.09. The number of piperazine rings is 1. The average molecular weight is 578 g/mol. The first-order valence-electron chi connectivity index (χ1n) is 12.9. The Kier molecular flexibility index (Phi) is 9.43. The Bertz CT molecular complexity index is 1230. The highest BCUT2D eigenvalue weighted by Crippen LogP contribution is 2.41. The number of hydrazine groups is 1. The van der Waals surface area contributed by atoms with Crippen LogP contribution in [0.1, 0.15) is 12.5 Å². The van der Waals surface area contributed by atoms with Crippen molar-refractivity contribution in [1.82, 2.24) is 19.3 Å². The molecular weight excluding hydrogens is 538 g/mol. The number of hydrogen-bond donors (Lipinski definition) is 2. The van der Waals surface area contributed by atoms with Crippen LogP contribution in [0.3, 0.4) is 0 Å². The number of nitrogens with one attached hydrogen (secondary N) is 1. The largest absolute Gasteiger partial charge is 0.493 e. The fraction of sp³-hybridized carbons (Fsp3) is 0.538. The molecule has 2 unspecified atom stereocenters. The number of ether oxygens (including phenoxy) is 4. The Morgan fingerprint density at radius 1 is 1.05 bits per heavy atom. The van der Waals surface area contributed by atoms with Gasteiger partial charge in [0.15, 0.2) is 23.1 Å². The van der Waals surface area contributed by atoms with E-state index in [1.807, 2.05) is 36.4 Å². The topological polar surface area (TPSA) is 125 Å². The second kappa shape index (κ2) is 12.8. The van der Waals surface area contributed by atoms with E-state index in [0.29, 0.717) is 53.7 Å². The lowest BCUT2D eigenvalue weighted by Crippen LogP contribution is -2.45. The number of benzene rings is 1. The molecule has 14 heteroatoms. The summed E-state index contributed by atoms with van der Waals surface area (Å²) in [4.78, 5) is 28.0. The number of rotatable bonds is 10. The van der Waals surface area contributed by atoms with Crippen molar-refractivity contribution in [1.29, 1.82) is 0 Å². The standard InChI is InChI=1S/C26H39N7O6S/c1-17-14-33(40(16-17)26(34)35)29-25-27-23(22(39-7)24(28-25)32-10-8-30(2)9-11-32)31(3)15-18-12-19(36-4)21(38-6)20(13-18)37-5/h12-13,16-17H,8-11,14-15H2,1-7H3,(H,34,35)(H,27,28,29). The predicted octanol–water partition coefficient (Wildman–Crippen LogP) is 2.84. The van der Waals surface area contributed by atoms with E-state index in [4.69, 9.17) is 28.9 Å². The number of carbonyl (C=O) groups is 1. The first kappa shape index (κ1) is 29.5. The van der Waals surface area contributed by atoms with E-state index >= 15 is 0 Å². The normalized spacial score (nSPS) is 19.6. The number of nitrogens with zero attached hydrogens (tertiary/aromatic N) is 6. The van der Waals surface area contributed by atoms with Crippen LogP contribution in [0.2, 0.25) is 0 Å². The molecule has 1 fully saturated rings. The molecule has 2 N–H and O–H groups in total. The molecule has 0 aliphatic carbocycles. The fourth-order valence-corrected chi connectivity index (χ4v) is 6.32. The van der Waals surface area contributed by atoms with Crippen molar-refractivity contribution in [3.05, 3.63) is 17.7 Å². The third-order valence-electron chi connectivity index (χ3n) is 6.80. The molecule has 1 aromatic heterocycles. The lowest BCUT2D eigenvalue weighted by Gasteiger charge is -2.35. The molecule has 0 radical (unpaired) electrons. The van der Waals surface area contributed by atoms with Gasteiger partial charge in [0.25, 0.3) is 0 Å². The Labute approximate surface area is 237 Å². The van der Waals surface area contributed by atoms with Gasteiger partial charge in [-0.1, -0.05) is 6.92 Å². The van der Waals surface area contributed by atoms with Crippen molar-refractivity contribution in [3.63, 3.8) is 0 Å². The summed E-state index contributed by atoms with van der Waals surface area (Å²) < 4.78 is 24.1. The zero-order valence-corrected chi connectivity index (χ0v) is 24.9. The second-order valence-electron chi connectivity index (χ2n) is 9.77. The number of likely N-dealkylation sites (N-methyl/N-ethyl adjacent to an activating group) is 1. The summed E-state index contributed by atoms with van der Waals surface area (Å²) in [5, 5.41) is 10.7. The third-order valence-corrected chi connectivity index (χ3v) is 8.59. The number of aromatic nitrogens is 2. The summed E-state index contributed by atoms with van der Waals surface area (Å²) in [6, 6.07) is 3.79. The van der Waals surface area contributed by atoms with Crippen molar-refractivity contribution in [2.75, 3.05) is 90.5 Å². The van der Waals surface area contributed by atoms with Crippen LogP contribution < -0.4 is 34.2 Å². The van der Waals surface area contributed by atoms with Gasteiger partial charge >= 0.3 is 5.30 Å². The van der Waals surface area contributed by atoms with Gasteiger partial charge in [0.2, 0.25) is 17.4 Å². The van der Waals surface area contributed by atoms with Gasteiger partial charge < -0.3 is 38.8 Å². The van der Waals surface area contributed by atoms with Crippen molar-refractivity contribution in [2.45, 2.75) is 13.5 Å². The molecule has 2 aromatic rings. The van der Waals surface area contributed by atoms with E-state index in [1.54, 1.807) is 32.9 Å². The van der Waals surface area contributed by atoms with E-state index in [0.717, 1.165) is 31.7 Å². The fourth-order valence-electron chi connectivity index (χ4n) is 4.76. The van der Waals surface area contributed by atoms with Crippen molar-refractivity contribution >= 4 is 38.9 Å². The molecule has 40 heavy (non-hydrogen) atoms. The molecule has 0 amide bonds. The number of anilines is 3. The molecule has 1 aromatic carbocycles. The van der Waals surface area contributed by atoms with Gasteiger partial charge in [-0.25, -0.2) is 4.79 Å². The van der Waals surface area contributed by atoms with Gasteiger partial charge in [0, 0.05) is 57.0 Å². The molecule has 4 rings (SSSR count). The lowest BCUT2D eigenvalue weighted by atomic mass is 10.1. The SMILES string of the molecule is COc1cc(CN(C)c2nc(NN3CC(C)C=S3C(=O)O)nc(N3CCN(C)CC3)c2OC)cc(OC)c1OC. The minimum Gasteiger partial charge on any atom is -0.493 e. The molecule has 3 heterocycles. The Morgan fingerprint density at radius 3 is 2.23 bits per heavy atom. The van der Waals surface area contributed by atoms with Crippen LogP contribution in [0.25, 0.3) is 0 Å². The molecule has 0 saturated carbocycles. The number of methoxy groups -OCH3 is 4. The van der Waals surface area contributed by atoms with E-state index < -0.39 is 16.0 Å². The quantitative estimate of drug-likeness (QED) is 0.403. The lowest BCUT2D eigenvalue weighted by molar-refractivity contribution is 0.221. The minimum atomic E-state index is -1.10. The van der Waals surface area contributed by atoms with Crippen molar-refractivity contribution in [2.24, 2.45) is 5.92 Å². The Hall–Kier alpha value is -3.49. The summed E-state index contributed by atoms with van der Waals surface area (Å²) in [7, 11) is 9.26. The first-order chi connectivity index (χ1) is 19.2. The van der Waals surface area contributed by atoms with Gasteiger partial charge in [-0.2, -0.15) is 14.4 Å². The summed E-state index contributed by atoms with van der Waals surface area (Å²) >= 11 is 0. The molecule has 13 nitrogen and oxygen atoms in total. The van der Waals surface area contributed by atoms with Gasteiger partial charge in [0.1, 0.15) is 0 Å². The molecule has 2 aliphatic heterocycles. The number of carboxylic acid groups (broad SMARTS) is 1. The first-order valence-corrected chi connectivity index (χ1v) is 14.2. The zero-order chi connectivity index (χ0) is 29.0. The highest BCUT2D eigenvalue weighted by molar-refractivity contribution is 8.25. The van der Waals surface area contributed by atoms with Crippen LogP contribution in [0.5, 0.6) is 23.0 Å². The van der Waals surface area contributed by atoms with Crippen LogP contribution >= 0.6 is 10.7 Å². The monoisotopic (exact) mass is 577 g/mol. The maximum absolute atomic E-state index is 11.9. The Morgan fingerprint density at radius 2 is 1.68 bits per heavy atom. The van der Waals surface area contributed by atoms with E-state index in [9.17, 15) is 9.90 Å². The van der Waals surface area contributed by atoms with Crippen molar-refractivity contribution in [3.8, 4) is 23.0 Å². The van der Waals surface area contributed by atoms with E-state index in [1.165, 1.54) is 0 Å². The van der Waals surface area contributed by atoms with Crippen molar-refractivity contribution < 1.29 is 28.8 Å². The highest BCUT2D eigenvalue weighted by atomic mass is 32.2. The van der Waals surface area contributed by atoms with Crippen LogP contribution in [0.15, 0.2) is 12.1 Å². The average Bonchev–Trinajstić information content (AvgIpc) is 3.32. The predicted molar refractivity (Wildman–Crippen MR) is 158 cm³/mol. The maximum atomic E-state index is 11.9. The smallest absolute Gasteiger partial charge is 0.374 e. The summed E-state index contributed by atoms with van der Waals surface area (Å²) in [6.45, 7) is 6.28. The molecule has 220 valence electrons. The molecule has 0 bridgehead atoms. The summed E-state index contributed by atoms with van der Waals surface area (Å²) in [6.07, 6.45) is 0. The van der Waals surface area contributed by atoms with Crippen LogP contribution in [-0.4, -0.2) is 110 Å². The van der Waals surface area contributed by atoms with Gasteiger partial charge in [0.05, 0.1) is 28.4 Å². The minimum absolute atomic E-state index is 0.115.